The van der Waals surface area contributed by atoms with Gasteiger partial charge < -0.3 is 9.84 Å². The van der Waals surface area contributed by atoms with E-state index in [2.05, 4.69) is 13.8 Å². The molecule has 0 aliphatic carbocycles. The molecule has 0 aliphatic heterocycles. The maximum Gasteiger partial charge on any atom is 0.306 e. The SMILES string of the molecule is COc1ccccc1CC(CCC(C)C)C(=O)O. The summed E-state index contributed by atoms with van der Waals surface area (Å²) in [7, 11) is 1.61. The second-order valence-corrected chi connectivity index (χ2v) is 5.02. The average molecular weight is 250 g/mol. The van der Waals surface area contributed by atoms with Crippen LogP contribution in [0.3, 0.4) is 0 Å². The van der Waals surface area contributed by atoms with Crippen molar-refractivity contribution in [3.05, 3.63) is 29.8 Å². The highest BCUT2D eigenvalue weighted by atomic mass is 16.5. The number of rotatable bonds is 7. The van der Waals surface area contributed by atoms with Crippen LogP contribution in [0.5, 0.6) is 5.75 Å². The zero-order valence-corrected chi connectivity index (χ0v) is 11.3. The minimum atomic E-state index is -0.721. The van der Waals surface area contributed by atoms with Crippen LogP contribution in [0, 0.1) is 11.8 Å². The van der Waals surface area contributed by atoms with Crippen molar-refractivity contribution in [3.8, 4) is 5.75 Å². The van der Waals surface area contributed by atoms with E-state index in [0.29, 0.717) is 18.8 Å². The molecule has 0 heterocycles. The minimum Gasteiger partial charge on any atom is -0.496 e. The van der Waals surface area contributed by atoms with Crippen molar-refractivity contribution >= 4 is 5.97 Å². The topological polar surface area (TPSA) is 46.5 Å². The molecule has 18 heavy (non-hydrogen) atoms. The van der Waals surface area contributed by atoms with Gasteiger partial charge in [0.05, 0.1) is 13.0 Å². The van der Waals surface area contributed by atoms with Crippen LogP contribution in [0.1, 0.15) is 32.3 Å². The number of carboxylic acids is 1. The summed E-state index contributed by atoms with van der Waals surface area (Å²) in [5.41, 5.74) is 0.969. The first-order valence-corrected chi connectivity index (χ1v) is 6.39. The summed E-state index contributed by atoms with van der Waals surface area (Å²) in [6, 6.07) is 7.62. The Kier molecular flexibility index (Phi) is 5.69. The molecule has 3 nitrogen and oxygen atoms in total. The highest BCUT2D eigenvalue weighted by Crippen LogP contribution is 2.24. The quantitative estimate of drug-likeness (QED) is 0.807. The van der Waals surface area contributed by atoms with E-state index in [-0.39, 0.29) is 5.92 Å². The molecule has 3 heteroatoms. The highest BCUT2D eigenvalue weighted by Gasteiger charge is 2.19. The molecule has 0 aliphatic rings. The Morgan fingerprint density at radius 3 is 2.50 bits per heavy atom. The van der Waals surface area contributed by atoms with E-state index in [1.54, 1.807) is 7.11 Å². The smallest absolute Gasteiger partial charge is 0.306 e. The van der Waals surface area contributed by atoms with Crippen molar-refractivity contribution in [2.45, 2.75) is 33.1 Å². The van der Waals surface area contributed by atoms with Gasteiger partial charge in [-0.25, -0.2) is 0 Å². The predicted molar refractivity (Wildman–Crippen MR) is 71.9 cm³/mol. The number of ether oxygens (including phenoxy) is 1. The fourth-order valence-corrected chi connectivity index (χ4v) is 1.98. The Labute approximate surface area is 109 Å². The third-order valence-electron chi connectivity index (χ3n) is 3.10. The van der Waals surface area contributed by atoms with Crippen molar-refractivity contribution in [2.24, 2.45) is 11.8 Å². The molecule has 0 aromatic heterocycles. The van der Waals surface area contributed by atoms with Crippen LogP contribution in [0.2, 0.25) is 0 Å². The van der Waals surface area contributed by atoms with Crippen LogP contribution in [-0.2, 0) is 11.2 Å². The van der Waals surface area contributed by atoms with Gasteiger partial charge in [-0.1, -0.05) is 38.5 Å². The first kappa shape index (κ1) is 14.6. The molecule has 1 atom stereocenters. The summed E-state index contributed by atoms with van der Waals surface area (Å²) >= 11 is 0. The van der Waals surface area contributed by atoms with Crippen LogP contribution in [0.25, 0.3) is 0 Å². The molecule has 0 saturated heterocycles. The van der Waals surface area contributed by atoms with Gasteiger partial charge >= 0.3 is 5.97 Å². The molecule has 0 fully saturated rings. The average Bonchev–Trinajstić information content (AvgIpc) is 2.34. The Morgan fingerprint density at radius 1 is 1.28 bits per heavy atom. The lowest BCUT2D eigenvalue weighted by molar-refractivity contribution is -0.142. The van der Waals surface area contributed by atoms with Crippen LogP contribution in [0.15, 0.2) is 24.3 Å². The third-order valence-corrected chi connectivity index (χ3v) is 3.10. The van der Waals surface area contributed by atoms with E-state index in [1.807, 2.05) is 24.3 Å². The standard InChI is InChI=1S/C15H22O3/c1-11(2)8-9-13(15(16)17)10-12-6-4-5-7-14(12)18-3/h4-7,11,13H,8-10H2,1-3H3,(H,16,17). The van der Waals surface area contributed by atoms with Gasteiger partial charge in [-0.3, -0.25) is 4.79 Å². The summed E-state index contributed by atoms with van der Waals surface area (Å²) in [6.45, 7) is 4.23. The van der Waals surface area contributed by atoms with E-state index in [1.165, 1.54) is 0 Å². The number of aliphatic carboxylic acids is 1. The molecule has 1 rings (SSSR count). The number of benzene rings is 1. The highest BCUT2D eigenvalue weighted by molar-refractivity contribution is 5.70. The summed E-state index contributed by atoms with van der Waals surface area (Å²) in [5.74, 6) is 0.253. The number of hydrogen-bond donors (Lipinski definition) is 1. The molecule has 0 spiro atoms. The monoisotopic (exact) mass is 250 g/mol. The molecule has 1 aromatic carbocycles. The first-order valence-electron chi connectivity index (χ1n) is 6.39. The Balaban J connectivity index is 2.73. The summed E-state index contributed by atoms with van der Waals surface area (Å²) in [6.07, 6.45) is 2.18. The number of methoxy groups -OCH3 is 1. The van der Waals surface area contributed by atoms with Crippen molar-refractivity contribution in [1.29, 1.82) is 0 Å². The molecule has 1 aromatic rings. The molecule has 0 radical (unpaired) electrons. The predicted octanol–water partition coefficient (Wildman–Crippen LogP) is 3.37. The van der Waals surface area contributed by atoms with E-state index < -0.39 is 5.97 Å². The Morgan fingerprint density at radius 2 is 1.94 bits per heavy atom. The lowest BCUT2D eigenvalue weighted by Gasteiger charge is -2.15. The van der Waals surface area contributed by atoms with Crippen LogP contribution < -0.4 is 4.74 Å². The minimum absolute atomic E-state index is 0.330. The van der Waals surface area contributed by atoms with Gasteiger partial charge in [-0.2, -0.15) is 0 Å². The van der Waals surface area contributed by atoms with Gasteiger partial charge in [-0.15, -0.1) is 0 Å². The van der Waals surface area contributed by atoms with Gasteiger partial charge in [0.1, 0.15) is 5.75 Å². The number of carbonyl (C=O) groups is 1. The van der Waals surface area contributed by atoms with Gasteiger partial charge in [-0.05, 0) is 30.4 Å². The van der Waals surface area contributed by atoms with Gasteiger partial charge in [0.15, 0.2) is 0 Å². The van der Waals surface area contributed by atoms with Crippen LogP contribution in [-0.4, -0.2) is 18.2 Å². The van der Waals surface area contributed by atoms with E-state index in [4.69, 9.17) is 4.74 Å². The largest absolute Gasteiger partial charge is 0.496 e. The lowest BCUT2D eigenvalue weighted by atomic mass is 9.91. The molecule has 0 saturated carbocycles. The number of para-hydroxylation sites is 1. The second-order valence-electron chi connectivity index (χ2n) is 5.02. The van der Waals surface area contributed by atoms with E-state index in [9.17, 15) is 9.90 Å². The lowest BCUT2D eigenvalue weighted by Crippen LogP contribution is -2.17. The fourth-order valence-electron chi connectivity index (χ4n) is 1.98. The third kappa shape index (κ3) is 4.40. The zero-order chi connectivity index (χ0) is 13.5. The summed E-state index contributed by atoms with van der Waals surface area (Å²) in [4.78, 5) is 11.3. The maximum atomic E-state index is 11.3. The molecule has 0 bridgehead atoms. The number of carboxylic acid groups (broad SMARTS) is 1. The second kappa shape index (κ2) is 7.04. The maximum absolute atomic E-state index is 11.3. The van der Waals surface area contributed by atoms with Crippen molar-refractivity contribution in [1.82, 2.24) is 0 Å². The van der Waals surface area contributed by atoms with Crippen molar-refractivity contribution < 1.29 is 14.6 Å². The Bertz CT molecular complexity index is 385. The Hall–Kier alpha value is -1.51. The molecular weight excluding hydrogens is 228 g/mol. The molecule has 1 N–H and O–H groups in total. The van der Waals surface area contributed by atoms with E-state index >= 15 is 0 Å². The van der Waals surface area contributed by atoms with Crippen molar-refractivity contribution in [2.75, 3.05) is 7.11 Å². The first-order chi connectivity index (χ1) is 8.54. The molecule has 0 amide bonds. The molecule has 100 valence electrons. The molecule has 1 unspecified atom stereocenters. The van der Waals surface area contributed by atoms with Gasteiger partial charge in [0, 0.05) is 0 Å². The fraction of sp³-hybridized carbons (Fsp3) is 0.533. The number of hydrogen-bond acceptors (Lipinski definition) is 2. The van der Waals surface area contributed by atoms with Gasteiger partial charge in [0.2, 0.25) is 0 Å². The molecular formula is C15H22O3. The van der Waals surface area contributed by atoms with Crippen molar-refractivity contribution in [3.63, 3.8) is 0 Å². The summed E-state index contributed by atoms with van der Waals surface area (Å²) in [5, 5.41) is 9.27. The summed E-state index contributed by atoms with van der Waals surface area (Å²) < 4.78 is 5.26. The normalized spacial score (nSPS) is 12.4. The zero-order valence-electron chi connectivity index (χ0n) is 11.3. The van der Waals surface area contributed by atoms with Crippen LogP contribution in [0.4, 0.5) is 0 Å². The van der Waals surface area contributed by atoms with Crippen LogP contribution >= 0.6 is 0 Å². The van der Waals surface area contributed by atoms with E-state index in [0.717, 1.165) is 17.7 Å². The van der Waals surface area contributed by atoms with Gasteiger partial charge in [0.25, 0.3) is 0 Å².